The highest BCUT2D eigenvalue weighted by Gasteiger charge is 2.21. The van der Waals surface area contributed by atoms with Gasteiger partial charge in [0.1, 0.15) is 0 Å². The Bertz CT molecular complexity index is 536. The quantitative estimate of drug-likeness (QED) is 0.404. The van der Waals surface area contributed by atoms with Gasteiger partial charge in [0.15, 0.2) is 5.96 Å². The first-order chi connectivity index (χ1) is 11.5. The molecule has 0 saturated carbocycles. The van der Waals surface area contributed by atoms with E-state index in [-0.39, 0.29) is 24.0 Å². The minimum Gasteiger partial charge on any atom is -0.378 e. The van der Waals surface area contributed by atoms with E-state index in [2.05, 4.69) is 77.6 Å². The summed E-state index contributed by atoms with van der Waals surface area (Å²) in [6, 6.07) is 9.74. The standard InChI is InChI=1S/C19H33N5.HI/c1-15(2)24-11-9-17(10-12-24)22-19(20-3)21-14-16-7-6-8-18(13-16)23(4)5;/h6-8,13,15,17H,9-12,14H2,1-5H3,(H2,20,21,22);1H. The number of halogens is 1. The molecule has 1 heterocycles. The molecule has 0 spiro atoms. The maximum absolute atomic E-state index is 4.38. The van der Waals surface area contributed by atoms with Crippen molar-refractivity contribution in [1.82, 2.24) is 15.5 Å². The van der Waals surface area contributed by atoms with Gasteiger partial charge in [-0.05, 0) is 44.4 Å². The predicted octanol–water partition coefficient (Wildman–Crippen LogP) is 2.91. The highest BCUT2D eigenvalue weighted by molar-refractivity contribution is 14.0. The van der Waals surface area contributed by atoms with E-state index < -0.39 is 0 Å². The number of likely N-dealkylation sites (tertiary alicyclic amines) is 1. The monoisotopic (exact) mass is 459 g/mol. The molecule has 0 aliphatic carbocycles. The van der Waals surface area contributed by atoms with Crippen LogP contribution in [0.5, 0.6) is 0 Å². The minimum absolute atomic E-state index is 0. The average molecular weight is 459 g/mol. The molecular formula is C19H34IN5. The van der Waals surface area contributed by atoms with Gasteiger partial charge in [0.25, 0.3) is 0 Å². The van der Waals surface area contributed by atoms with Crippen molar-refractivity contribution in [3.8, 4) is 0 Å². The molecule has 0 atom stereocenters. The van der Waals surface area contributed by atoms with Gasteiger partial charge in [-0.1, -0.05) is 12.1 Å². The van der Waals surface area contributed by atoms with Gasteiger partial charge in [-0.15, -0.1) is 24.0 Å². The third kappa shape index (κ3) is 7.01. The van der Waals surface area contributed by atoms with Gasteiger partial charge in [0.2, 0.25) is 0 Å². The average Bonchev–Trinajstić information content (AvgIpc) is 2.59. The summed E-state index contributed by atoms with van der Waals surface area (Å²) in [6.07, 6.45) is 2.35. The highest BCUT2D eigenvalue weighted by atomic mass is 127. The fourth-order valence-corrected chi connectivity index (χ4v) is 3.08. The van der Waals surface area contributed by atoms with Crippen LogP contribution in [0.15, 0.2) is 29.3 Å². The molecule has 25 heavy (non-hydrogen) atoms. The maximum atomic E-state index is 4.38. The van der Waals surface area contributed by atoms with Gasteiger partial charge in [-0.2, -0.15) is 0 Å². The van der Waals surface area contributed by atoms with Crippen molar-refractivity contribution in [2.24, 2.45) is 4.99 Å². The first-order valence-corrected chi connectivity index (χ1v) is 8.97. The van der Waals surface area contributed by atoms with Crippen molar-refractivity contribution >= 4 is 35.6 Å². The van der Waals surface area contributed by atoms with E-state index in [1.807, 2.05) is 7.05 Å². The molecule has 2 rings (SSSR count). The van der Waals surface area contributed by atoms with Gasteiger partial charge >= 0.3 is 0 Å². The van der Waals surface area contributed by atoms with E-state index in [9.17, 15) is 0 Å². The molecule has 0 radical (unpaired) electrons. The third-order valence-electron chi connectivity index (χ3n) is 4.71. The molecule has 0 bridgehead atoms. The minimum atomic E-state index is 0. The lowest BCUT2D eigenvalue weighted by atomic mass is 10.0. The fourth-order valence-electron chi connectivity index (χ4n) is 3.08. The van der Waals surface area contributed by atoms with Gasteiger partial charge in [0, 0.05) is 58.5 Å². The lowest BCUT2D eigenvalue weighted by Gasteiger charge is -2.35. The van der Waals surface area contributed by atoms with Gasteiger partial charge in [-0.25, -0.2) is 0 Å². The molecule has 6 heteroatoms. The molecule has 2 N–H and O–H groups in total. The van der Waals surface area contributed by atoms with Crippen LogP contribution in [0.25, 0.3) is 0 Å². The van der Waals surface area contributed by atoms with Crippen LogP contribution in [0.3, 0.4) is 0 Å². The van der Waals surface area contributed by atoms with Gasteiger partial charge in [0.05, 0.1) is 0 Å². The van der Waals surface area contributed by atoms with Gasteiger partial charge in [-0.3, -0.25) is 4.99 Å². The van der Waals surface area contributed by atoms with E-state index in [1.54, 1.807) is 0 Å². The second-order valence-corrected chi connectivity index (χ2v) is 7.04. The molecule has 1 saturated heterocycles. The van der Waals surface area contributed by atoms with Crippen molar-refractivity contribution in [1.29, 1.82) is 0 Å². The van der Waals surface area contributed by atoms with Crippen molar-refractivity contribution in [2.45, 2.75) is 45.3 Å². The Kier molecular flexibility index (Phi) is 9.56. The first-order valence-electron chi connectivity index (χ1n) is 8.97. The zero-order valence-electron chi connectivity index (χ0n) is 16.2. The Morgan fingerprint density at radius 2 is 1.96 bits per heavy atom. The molecule has 0 aromatic heterocycles. The second kappa shape index (κ2) is 10.9. The largest absolute Gasteiger partial charge is 0.378 e. The second-order valence-electron chi connectivity index (χ2n) is 7.04. The number of benzene rings is 1. The Morgan fingerprint density at radius 1 is 1.28 bits per heavy atom. The van der Waals surface area contributed by atoms with E-state index >= 15 is 0 Å². The number of nitrogens with zero attached hydrogens (tertiary/aromatic N) is 3. The SMILES string of the molecule is CN=C(NCc1cccc(N(C)C)c1)NC1CCN(C(C)C)CC1.I. The topological polar surface area (TPSA) is 42.9 Å². The molecule has 1 aromatic rings. The van der Waals surface area contributed by atoms with Crippen LogP contribution in [0.1, 0.15) is 32.3 Å². The fraction of sp³-hybridized carbons (Fsp3) is 0.632. The summed E-state index contributed by atoms with van der Waals surface area (Å²) in [5.41, 5.74) is 2.48. The molecule has 1 aliphatic heterocycles. The molecule has 0 unspecified atom stereocenters. The maximum Gasteiger partial charge on any atom is 0.191 e. The van der Waals surface area contributed by atoms with Crippen LogP contribution in [-0.4, -0.2) is 57.2 Å². The molecule has 1 fully saturated rings. The summed E-state index contributed by atoms with van der Waals surface area (Å²) in [5, 5.41) is 7.01. The lowest BCUT2D eigenvalue weighted by Crippen LogP contribution is -2.49. The Morgan fingerprint density at radius 3 is 2.52 bits per heavy atom. The molecule has 1 aromatic carbocycles. The van der Waals surface area contributed by atoms with E-state index in [0.717, 1.165) is 25.6 Å². The number of nitrogens with one attached hydrogen (secondary N) is 2. The van der Waals surface area contributed by atoms with Crippen LogP contribution in [0.2, 0.25) is 0 Å². The Balaban J connectivity index is 0.00000312. The summed E-state index contributed by atoms with van der Waals surface area (Å²) >= 11 is 0. The molecular weight excluding hydrogens is 425 g/mol. The summed E-state index contributed by atoms with van der Waals surface area (Å²) in [4.78, 5) is 9.05. The summed E-state index contributed by atoms with van der Waals surface area (Å²) in [7, 11) is 5.97. The number of aliphatic imine (C=N–C) groups is 1. The van der Waals surface area contributed by atoms with Crippen molar-refractivity contribution in [3.63, 3.8) is 0 Å². The molecule has 0 amide bonds. The number of hydrogen-bond acceptors (Lipinski definition) is 3. The molecule has 1 aliphatic rings. The number of guanidine groups is 1. The summed E-state index contributed by atoms with van der Waals surface area (Å²) < 4.78 is 0. The van der Waals surface area contributed by atoms with E-state index in [4.69, 9.17) is 0 Å². The van der Waals surface area contributed by atoms with Crippen LogP contribution in [0.4, 0.5) is 5.69 Å². The van der Waals surface area contributed by atoms with Crippen LogP contribution in [-0.2, 0) is 6.54 Å². The zero-order valence-corrected chi connectivity index (χ0v) is 18.6. The van der Waals surface area contributed by atoms with Crippen LogP contribution in [0, 0.1) is 0 Å². The number of piperidine rings is 1. The molecule has 5 nitrogen and oxygen atoms in total. The predicted molar refractivity (Wildman–Crippen MR) is 119 cm³/mol. The zero-order chi connectivity index (χ0) is 17.5. The van der Waals surface area contributed by atoms with Crippen LogP contribution >= 0.6 is 24.0 Å². The van der Waals surface area contributed by atoms with Crippen molar-refractivity contribution < 1.29 is 0 Å². The van der Waals surface area contributed by atoms with Gasteiger partial charge < -0.3 is 20.4 Å². The smallest absolute Gasteiger partial charge is 0.191 e. The van der Waals surface area contributed by atoms with E-state index in [0.29, 0.717) is 12.1 Å². The van der Waals surface area contributed by atoms with Crippen LogP contribution < -0.4 is 15.5 Å². The normalized spacial score (nSPS) is 16.5. The summed E-state index contributed by atoms with van der Waals surface area (Å²) in [5.74, 6) is 0.897. The first kappa shape index (κ1) is 22.0. The lowest BCUT2D eigenvalue weighted by molar-refractivity contribution is 0.167. The third-order valence-corrected chi connectivity index (χ3v) is 4.71. The summed E-state index contributed by atoms with van der Waals surface area (Å²) in [6.45, 7) is 7.66. The number of anilines is 1. The highest BCUT2D eigenvalue weighted by Crippen LogP contribution is 2.14. The van der Waals surface area contributed by atoms with E-state index in [1.165, 1.54) is 24.1 Å². The Labute approximate surface area is 170 Å². The molecule has 142 valence electrons. The Hall–Kier alpha value is -1.02. The van der Waals surface area contributed by atoms with Crippen molar-refractivity contribution in [2.75, 3.05) is 39.1 Å². The number of rotatable bonds is 5. The number of hydrogen-bond donors (Lipinski definition) is 2. The van der Waals surface area contributed by atoms with Crippen molar-refractivity contribution in [3.05, 3.63) is 29.8 Å².